The van der Waals surface area contributed by atoms with E-state index in [0.29, 0.717) is 29.9 Å². The second-order valence-electron chi connectivity index (χ2n) is 7.81. The molecule has 0 aliphatic carbocycles. The number of aryl methyl sites for hydroxylation is 2. The second-order valence-corrected chi connectivity index (χ2v) is 7.81. The number of amides is 1. The van der Waals surface area contributed by atoms with E-state index in [-0.39, 0.29) is 5.91 Å². The maximum atomic E-state index is 12.7. The first-order valence-electron chi connectivity index (χ1n) is 10.5. The summed E-state index contributed by atoms with van der Waals surface area (Å²) in [7, 11) is 1.35. The Hall–Kier alpha value is -4.20. The average Bonchev–Trinajstić information content (AvgIpc) is 3.38. The van der Waals surface area contributed by atoms with E-state index < -0.39 is 5.97 Å². The summed E-state index contributed by atoms with van der Waals surface area (Å²) in [5, 5.41) is 11.6. The monoisotopic (exact) mass is 443 g/mol. The van der Waals surface area contributed by atoms with Crippen LogP contribution in [0.3, 0.4) is 0 Å². The van der Waals surface area contributed by atoms with Crippen LogP contribution in [-0.4, -0.2) is 38.5 Å². The van der Waals surface area contributed by atoms with Gasteiger partial charge < -0.3 is 10.1 Å². The molecule has 2 heterocycles. The van der Waals surface area contributed by atoms with Gasteiger partial charge in [0.1, 0.15) is 0 Å². The van der Waals surface area contributed by atoms with Gasteiger partial charge >= 0.3 is 5.97 Å². The summed E-state index contributed by atoms with van der Waals surface area (Å²) in [6, 6.07) is 16.7. The highest BCUT2D eigenvalue weighted by molar-refractivity contribution is 6.04. The fourth-order valence-electron chi connectivity index (χ4n) is 3.63. The van der Waals surface area contributed by atoms with Crippen molar-refractivity contribution in [3.8, 4) is 0 Å². The number of hydrogen-bond donors (Lipinski definition) is 1. The SMILES string of the molecule is COC(=O)c1ccccc1Cn1cc(NC(=O)c2ccc(Cn3nc(C)cc3C)cc2)cn1. The number of carbonyl (C=O) groups is 2. The van der Waals surface area contributed by atoms with Crippen molar-refractivity contribution in [2.24, 2.45) is 0 Å². The Labute approximate surface area is 191 Å². The minimum Gasteiger partial charge on any atom is -0.465 e. The molecule has 0 bridgehead atoms. The molecule has 168 valence electrons. The van der Waals surface area contributed by atoms with Crippen molar-refractivity contribution < 1.29 is 14.3 Å². The standard InChI is InChI=1S/C25H25N5O3/c1-17-12-18(2)30(28-17)14-19-8-10-20(11-9-19)24(31)27-22-13-26-29(16-22)15-21-6-4-5-7-23(21)25(32)33-3/h4-13,16H,14-15H2,1-3H3,(H,27,31). The Morgan fingerprint density at radius 1 is 1.03 bits per heavy atom. The first kappa shape index (κ1) is 22.0. The van der Waals surface area contributed by atoms with Crippen LogP contribution in [0.2, 0.25) is 0 Å². The van der Waals surface area contributed by atoms with Crippen LogP contribution < -0.4 is 5.32 Å². The van der Waals surface area contributed by atoms with Crippen molar-refractivity contribution in [3.63, 3.8) is 0 Å². The number of nitrogens with zero attached hydrogens (tertiary/aromatic N) is 4. The molecular formula is C25H25N5O3. The van der Waals surface area contributed by atoms with Crippen molar-refractivity contribution in [3.05, 3.63) is 101 Å². The predicted molar refractivity (Wildman–Crippen MR) is 124 cm³/mol. The number of hydrogen-bond acceptors (Lipinski definition) is 5. The Morgan fingerprint density at radius 2 is 1.79 bits per heavy atom. The maximum Gasteiger partial charge on any atom is 0.338 e. The van der Waals surface area contributed by atoms with Gasteiger partial charge in [0.25, 0.3) is 5.91 Å². The molecule has 0 fully saturated rings. The Bertz CT molecular complexity index is 1290. The van der Waals surface area contributed by atoms with E-state index in [0.717, 1.165) is 22.5 Å². The largest absolute Gasteiger partial charge is 0.465 e. The normalized spacial score (nSPS) is 10.8. The lowest BCUT2D eigenvalue weighted by molar-refractivity contribution is 0.0599. The summed E-state index contributed by atoms with van der Waals surface area (Å²) in [6.45, 7) is 5.02. The topological polar surface area (TPSA) is 91.0 Å². The highest BCUT2D eigenvalue weighted by atomic mass is 16.5. The predicted octanol–water partition coefficient (Wildman–Crippen LogP) is 3.83. The van der Waals surface area contributed by atoms with Gasteiger partial charge in [-0.15, -0.1) is 0 Å². The molecule has 33 heavy (non-hydrogen) atoms. The van der Waals surface area contributed by atoms with E-state index in [4.69, 9.17) is 4.74 Å². The summed E-state index contributed by atoms with van der Waals surface area (Å²) in [5.74, 6) is -0.616. The van der Waals surface area contributed by atoms with Gasteiger partial charge in [-0.3, -0.25) is 14.2 Å². The summed E-state index contributed by atoms with van der Waals surface area (Å²) in [5.41, 5.74) is 5.54. The molecule has 0 aliphatic rings. The highest BCUT2D eigenvalue weighted by Gasteiger charge is 2.13. The van der Waals surface area contributed by atoms with Gasteiger partial charge in [-0.1, -0.05) is 30.3 Å². The van der Waals surface area contributed by atoms with E-state index in [1.54, 1.807) is 41.3 Å². The molecule has 4 rings (SSSR count). The molecular weight excluding hydrogens is 418 g/mol. The lowest BCUT2D eigenvalue weighted by atomic mass is 10.1. The molecule has 0 aliphatic heterocycles. The molecule has 0 unspecified atom stereocenters. The van der Waals surface area contributed by atoms with Crippen molar-refractivity contribution >= 4 is 17.6 Å². The number of aromatic nitrogens is 4. The van der Waals surface area contributed by atoms with E-state index in [2.05, 4.69) is 15.5 Å². The molecule has 8 heteroatoms. The number of esters is 1. The zero-order chi connectivity index (χ0) is 23.4. The number of carbonyl (C=O) groups excluding carboxylic acids is 2. The number of benzene rings is 2. The molecule has 4 aromatic rings. The van der Waals surface area contributed by atoms with Crippen LogP contribution in [0.5, 0.6) is 0 Å². The molecule has 1 N–H and O–H groups in total. The minimum absolute atomic E-state index is 0.220. The number of nitrogens with one attached hydrogen (secondary N) is 1. The first-order chi connectivity index (χ1) is 15.9. The van der Waals surface area contributed by atoms with Crippen LogP contribution in [0, 0.1) is 13.8 Å². The minimum atomic E-state index is -0.396. The molecule has 2 aromatic carbocycles. The quantitative estimate of drug-likeness (QED) is 0.439. The summed E-state index contributed by atoms with van der Waals surface area (Å²) in [6.07, 6.45) is 3.30. The van der Waals surface area contributed by atoms with Crippen molar-refractivity contribution in [1.82, 2.24) is 19.6 Å². The number of methoxy groups -OCH3 is 1. The third kappa shape index (κ3) is 5.17. The highest BCUT2D eigenvalue weighted by Crippen LogP contribution is 2.15. The Balaban J connectivity index is 1.40. The number of rotatable bonds is 7. The maximum absolute atomic E-state index is 12.7. The molecule has 1 amide bonds. The molecule has 2 aromatic heterocycles. The van der Waals surface area contributed by atoms with Crippen LogP contribution in [-0.2, 0) is 17.8 Å². The molecule has 0 atom stereocenters. The number of ether oxygens (including phenoxy) is 1. The third-order valence-electron chi connectivity index (χ3n) is 5.30. The van der Waals surface area contributed by atoms with Crippen molar-refractivity contribution in [2.45, 2.75) is 26.9 Å². The Morgan fingerprint density at radius 3 is 2.48 bits per heavy atom. The molecule has 8 nitrogen and oxygen atoms in total. The lowest BCUT2D eigenvalue weighted by Gasteiger charge is -2.08. The van der Waals surface area contributed by atoms with Crippen molar-refractivity contribution in [2.75, 3.05) is 12.4 Å². The zero-order valence-corrected chi connectivity index (χ0v) is 18.8. The van der Waals surface area contributed by atoms with E-state index in [1.165, 1.54) is 7.11 Å². The molecule has 0 saturated carbocycles. The lowest BCUT2D eigenvalue weighted by Crippen LogP contribution is -2.12. The zero-order valence-electron chi connectivity index (χ0n) is 18.8. The van der Waals surface area contributed by atoms with E-state index >= 15 is 0 Å². The van der Waals surface area contributed by atoms with Gasteiger partial charge in [0.2, 0.25) is 0 Å². The van der Waals surface area contributed by atoms with Gasteiger partial charge in [-0.05, 0) is 49.2 Å². The van der Waals surface area contributed by atoms with Crippen molar-refractivity contribution in [1.29, 1.82) is 0 Å². The Kier molecular flexibility index (Phi) is 6.35. The van der Waals surface area contributed by atoms with Gasteiger partial charge in [0.05, 0.1) is 43.3 Å². The fraction of sp³-hybridized carbons (Fsp3) is 0.200. The fourth-order valence-corrected chi connectivity index (χ4v) is 3.63. The molecule has 0 saturated heterocycles. The molecule has 0 spiro atoms. The smallest absolute Gasteiger partial charge is 0.338 e. The third-order valence-corrected chi connectivity index (χ3v) is 5.30. The van der Waals surface area contributed by atoms with Crippen LogP contribution >= 0.6 is 0 Å². The molecule has 0 radical (unpaired) electrons. The summed E-state index contributed by atoms with van der Waals surface area (Å²) >= 11 is 0. The summed E-state index contributed by atoms with van der Waals surface area (Å²) in [4.78, 5) is 24.6. The van der Waals surface area contributed by atoms with Gasteiger partial charge in [0, 0.05) is 17.5 Å². The van der Waals surface area contributed by atoms with Gasteiger partial charge in [-0.2, -0.15) is 10.2 Å². The van der Waals surface area contributed by atoms with Crippen LogP contribution in [0.1, 0.15) is 43.2 Å². The number of anilines is 1. The second kappa shape index (κ2) is 9.52. The van der Waals surface area contributed by atoms with Gasteiger partial charge in [0.15, 0.2) is 0 Å². The average molecular weight is 444 g/mol. The van der Waals surface area contributed by atoms with Crippen LogP contribution in [0.15, 0.2) is 67.0 Å². The van der Waals surface area contributed by atoms with Gasteiger partial charge in [-0.25, -0.2) is 4.79 Å². The van der Waals surface area contributed by atoms with Crippen LogP contribution in [0.25, 0.3) is 0 Å². The summed E-state index contributed by atoms with van der Waals surface area (Å²) < 4.78 is 8.44. The first-order valence-corrected chi connectivity index (χ1v) is 10.5. The van der Waals surface area contributed by atoms with E-state index in [9.17, 15) is 9.59 Å². The van der Waals surface area contributed by atoms with E-state index in [1.807, 2.05) is 48.9 Å². The van der Waals surface area contributed by atoms with Crippen LogP contribution in [0.4, 0.5) is 5.69 Å².